The van der Waals surface area contributed by atoms with Gasteiger partial charge in [0.25, 0.3) is 0 Å². The maximum atomic E-state index is 13.0. The van der Waals surface area contributed by atoms with Crippen LogP contribution in [0.1, 0.15) is 19.4 Å². The predicted octanol–water partition coefficient (Wildman–Crippen LogP) is 3.67. The summed E-state index contributed by atoms with van der Waals surface area (Å²) in [7, 11) is 0. The first-order valence-electron chi connectivity index (χ1n) is 7.12. The Balaban J connectivity index is 2.01. The van der Waals surface area contributed by atoms with Gasteiger partial charge in [0.05, 0.1) is 16.7 Å². The van der Waals surface area contributed by atoms with Crippen molar-refractivity contribution in [2.45, 2.75) is 19.4 Å². The Morgan fingerprint density at radius 3 is 2.57 bits per heavy atom. The molecule has 0 fully saturated rings. The van der Waals surface area contributed by atoms with E-state index in [0.717, 1.165) is 22.2 Å². The van der Waals surface area contributed by atoms with Gasteiger partial charge in [-0.2, -0.15) is 5.10 Å². The second-order valence-corrected chi connectivity index (χ2v) is 5.88. The molecule has 0 unspecified atom stereocenters. The zero-order valence-electron chi connectivity index (χ0n) is 12.7. The number of amides is 1. The van der Waals surface area contributed by atoms with Crippen LogP contribution >= 0.6 is 0 Å². The van der Waals surface area contributed by atoms with Crippen molar-refractivity contribution in [1.82, 2.24) is 15.1 Å². The molecule has 1 aromatic heterocycles. The third-order valence-electron chi connectivity index (χ3n) is 3.74. The molecule has 0 atom stereocenters. The van der Waals surface area contributed by atoms with E-state index >= 15 is 0 Å². The van der Waals surface area contributed by atoms with Crippen molar-refractivity contribution in [3.63, 3.8) is 0 Å². The van der Waals surface area contributed by atoms with Crippen molar-refractivity contribution in [2.75, 3.05) is 0 Å². The highest BCUT2D eigenvalue weighted by atomic mass is 19.1. The van der Waals surface area contributed by atoms with E-state index in [1.165, 1.54) is 12.1 Å². The van der Waals surface area contributed by atoms with Crippen LogP contribution in [0.4, 0.5) is 9.18 Å². The summed E-state index contributed by atoms with van der Waals surface area (Å²) in [6.45, 7) is 3.58. The molecule has 1 amide bonds. The number of nitrogens with one attached hydrogen (secondary N) is 1. The second kappa shape index (κ2) is 5.39. The number of hydrogen-bond donors (Lipinski definition) is 2. The van der Waals surface area contributed by atoms with Gasteiger partial charge in [0.15, 0.2) is 0 Å². The predicted molar refractivity (Wildman–Crippen MR) is 85.2 cm³/mol. The molecule has 0 aliphatic heterocycles. The Hall–Kier alpha value is -2.89. The Morgan fingerprint density at radius 1 is 1.22 bits per heavy atom. The van der Waals surface area contributed by atoms with Crippen LogP contribution in [0.5, 0.6) is 0 Å². The maximum Gasteiger partial charge on any atom is 0.405 e. The molecule has 23 heavy (non-hydrogen) atoms. The second-order valence-electron chi connectivity index (χ2n) is 5.88. The Labute approximate surface area is 132 Å². The van der Waals surface area contributed by atoms with Gasteiger partial charge in [-0.3, -0.25) is 0 Å². The normalized spacial score (nSPS) is 11.6. The number of aromatic nitrogens is 2. The number of carboxylic acid groups (broad SMARTS) is 1. The quantitative estimate of drug-likeness (QED) is 0.775. The summed E-state index contributed by atoms with van der Waals surface area (Å²) in [6.07, 6.45) is 0.774. The van der Waals surface area contributed by atoms with Gasteiger partial charge in [0.2, 0.25) is 0 Å². The molecule has 0 bridgehead atoms. The first-order chi connectivity index (χ1) is 10.8. The van der Waals surface area contributed by atoms with Gasteiger partial charge < -0.3 is 10.4 Å². The molecule has 5 nitrogen and oxygen atoms in total. The van der Waals surface area contributed by atoms with Crippen LogP contribution in [-0.4, -0.2) is 21.0 Å². The van der Waals surface area contributed by atoms with Crippen molar-refractivity contribution < 1.29 is 14.3 Å². The summed E-state index contributed by atoms with van der Waals surface area (Å²) in [5.41, 5.74) is 1.59. The molecular weight excluding hydrogens is 297 g/mol. The minimum Gasteiger partial charge on any atom is -0.465 e. The Morgan fingerprint density at radius 2 is 1.91 bits per heavy atom. The zero-order valence-corrected chi connectivity index (χ0v) is 12.7. The monoisotopic (exact) mass is 313 g/mol. The lowest BCUT2D eigenvalue weighted by atomic mass is 9.94. The SMILES string of the molecule is CC(C)(NC(=O)O)c1ccc2cn(-c3ccc(F)cc3)nc2c1. The first-order valence-corrected chi connectivity index (χ1v) is 7.12. The highest BCUT2D eigenvalue weighted by Gasteiger charge is 2.23. The van der Waals surface area contributed by atoms with Crippen molar-refractivity contribution in [2.24, 2.45) is 0 Å². The number of halogens is 1. The van der Waals surface area contributed by atoms with Crippen LogP contribution in [0, 0.1) is 5.82 Å². The van der Waals surface area contributed by atoms with Gasteiger partial charge >= 0.3 is 6.09 Å². The van der Waals surface area contributed by atoms with E-state index in [1.807, 2.05) is 24.4 Å². The highest BCUT2D eigenvalue weighted by Crippen LogP contribution is 2.25. The van der Waals surface area contributed by atoms with Crippen molar-refractivity contribution >= 4 is 17.0 Å². The average molecular weight is 313 g/mol. The number of hydrogen-bond acceptors (Lipinski definition) is 2. The first kappa shape index (κ1) is 15.0. The van der Waals surface area contributed by atoms with Crippen molar-refractivity contribution in [3.8, 4) is 5.69 Å². The fourth-order valence-electron chi connectivity index (χ4n) is 2.47. The number of benzene rings is 2. The van der Waals surface area contributed by atoms with Crippen LogP contribution in [0.2, 0.25) is 0 Å². The number of fused-ring (bicyclic) bond motifs is 1. The van der Waals surface area contributed by atoms with E-state index < -0.39 is 11.6 Å². The molecule has 0 spiro atoms. The topological polar surface area (TPSA) is 67.2 Å². The van der Waals surface area contributed by atoms with Crippen molar-refractivity contribution in [3.05, 3.63) is 60.0 Å². The van der Waals surface area contributed by atoms with Crippen LogP contribution < -0.4 is 5.32 Å². The molecule has 0 saturated carbocycles. The summed E-state index contributed by atoms with van der Waals surface area (Å²) >= 11 is 0. The van der Waals surface area contributed by atoms with E-state index in [-0.39, 0.29) is 5.82 Å². The van der Waals surface area contributed by atoms with Gasteiger partial charge in [-0.05, 0) is 49.7 Å². The summed E-state index contributed by atoms with van der Waals surface area (Å²) in [6, 6.07) is 11.7. The Bertz CT molecular complexity index is 869. The molecule has 6 heteroatoms. The fourth-order valence-corrected chi connectivity index (χ4v) is 2.47. The van der Waals surface area contributed by atoms with Gasteiger partial charge in [0, 0.05) is 11.6 Å². The third kappa shape index (κ3) is 3.01. The molecule has 2 N–H and O–H groups in total. The van der Waals surface area contributed by atoms with E-state index in [4.69, 9.17) is 5.11 Å². The molecule has 3 aromatic rings. The number of rotatable bonds is 3. The third-order valence-corrected chi connectivity index (χ3v) is 3.74. The van der Waals surface area contributed by atoms with E-state index in [9.17, 15) is 9.18 Å². The van der Waals surface area contributed by atoms with Gasteiger partial charge in [-0.1, -0.05) is 12.1 Å². The fraction of sp³-hybridized carbons (Fsp3) is 0.176. The minimum absolute atomic E-state index is 0.297. The number of carbonyl (C=O) groups is 1. The van der Waals surface area contributed by atoms with Crippen LogP contribution in [-0.2, 0) is 5.54 Å². The van der Waals surface area contributed by atoms with Crippen LogP contribution in [0.3, 0.4) is 0 Å². The lowest BCUT2D eigenvalue weighted by molar-refractivity contribution is 0.182. The summed E-state index contributed by atoms with van der Waals surface area (Å²) in [4.78, 5) is 10.9. The minimum atomic E-state index is -1.08. The van der Waals surface area contributed by atoms with Gasteiger partial charge in [-0.25, -0.2) is 13.9 Å². The van der Waals surface area contributed by atoms with E-state index in [1.54, 1.807) is 30.7 Å². The summed E-state index contributed by atoms with van der Waals surface area (Å²) < 4.78 is 14.7. The van der Waals surface area contributed by atoms with Gasteiger partial charge in [-0.15, -0.1) is 0 Å². The summed E-state index contributed by atoms with van der Waals surface area (Å²) in [5, 5.41) is 16.8. The molecule has 118 valence electrons. The average Bonchev–Trinajstić information content (AvgIpc) is 2.89. The van der Waals surface area contributed by atoms with Crippen LogP contribution in [0.15, 0.2) is 48.7 Å². The van der Waals surface area contributed by atoms with E-state index in [0.29, 0.717) is 0 Å². The molecule has 0 aliphatic rings. The molecule has 0 aliphatic carbocycles. The zero-order chi connectivity index (χ0) is 16.6. The molecular formula is C17H16FN3O2. The molecule has 0 radical (unpaired) electrons. The smallest absolute Gasteiger partial charge is 0.405 e. The largest absolute Gasteiger partial charge is 0.465 e. The molecule has 3 rings (SSSR count). The maximum absolute atomic E-state index is 13.0. The lowest BCUT2D eigenvalue weighted by Gasteiger charge is -2.25. The number of nitrogens with zero attached hydrogens (tertiary/aromatic N) is 2. The van der Waals surface area contributed by atoms with Crippen LogP contribution in [0.25, 0.3) is 16.6 Å². The van der Waals surface area contributed by atoms with E-state index in [2.05, 4.69) is 10.4 Å². The molecule has 1 heterocycles. The molecule has 2 aromatic carbocycles. The standard InChI is InChI=1S/C17H16FN3O2/c1-17(2,19-16(22)23)12-4-3-11-10-21(20-15(11)9-12)14-7-5-13(18)6-8-14/h3-10,19H,1-2H3,(H,22,23). The van der Waals surface area contributed by atoms with Gasteiger partial charge in [0.1, 0.15) is 5.82 Å². The summed E-state index contributed by atoms with van der Waals surface area (Å²) in [5.74, 6) is -0.297. The Kier molecular flexibility index (Phi) is 3.52. The molecule has 0 saturated heterocycles. The highest BCUT2D eigenvalue weighted by molar-refractivity contribution is 5.80. The lowest BCUT2D eigenvalue weighted by Crippen LogP contribution is -2.40. The van der Waals surface area contributed by atoms with Crippen molar-refractivity contribution in [1.29, 1.82) is 0 Å².